The standard InChI is InChI=1S/C15H20O4/c1-5-13(17)12-8-6-7-9-14(12)18-10-15(3,4)19-11(2)16/h6-9H,5,10H2,1-4H3. The maximum atomic E-state index is 11.8. The second kappa shape index (κ2) is 6.36. The number of rotatable bonds is 6. The highest BCUT2D eigenvalue weighted by Crippen LogP contribution is 2.21. The van der Waals surface area contributed by atoms with Gasteiger partial charge in [-0.05, 0) is 26.0 Å². The molecule has 4 nitrogen and oxygen atoms in total. The number of para-hydroxylation sites is 1. The number of Topliss-reactive ketones (excluding diaryl/α,β-unsaturated/α-hetero) is 1. The summed E-state index contributed by atoms with van der Waals surface area (Å²) < 4.78 is 10.8. The predicted octanol–water partition coefficient (Wildman–Crippen LogP) is 3.00. The Kier molecular flexibility index (Phi) is 5.10. The van der Waals surface area contributed by atoms with Gasteiger partial charge in [-0.15, -0.1) is 0 Å². The topological polar surface area (TPSA) is 52.6 Å². The lowest BCUT2D eigenvalue weighted by atomic mass is 10.1. The van der Waals surface area contributed by atoms with Gasteiger partial charge in [0.1, 0.15) is 18.0 Å². The first-order chi connectivity index (χ1) is 8.85. The Morgan fingerprint density at radius 3 is 2.42 bits per heavy atom. The average molecular weight is 264 g/mol. The zero-order chi connectivity index (χ0) is 14.5. The van der Waals surface area contributed by atoms with E-state index in [0.717, 1.165) is 0 Å². The van der Waals surface area contributed by atoms with Crippen molar-refractivity contribution in [1.29, 1.82) is 0 Å². The third kappa shape index (κ3) is 4.73. The largest absolute Gasteiger partial charge is 0.489 e. The average Bonchev–Trinajstić information content (AvgIpc) is 2.34. The molecule has 4 heteroatoms. The fourth-order valence-corrected chi connectivity index (χ4v) is 1.68. The Bertz CT molecular complexity index is 463. The monoisotopic (exact) mass is 264 g/mol. The molecule has 1 aromatic rings. The fraction of sp³-hybridized carbons (Fsp3) is 0.467. The Morgan fingerprint density at radius 1 is 1.21 bits per heavy atom. The van der Waals surface area contributed by atoms with Gasteiger partial charge in [0.25, 0.3) is 0 Å². The number of benzene rings is 1. The fourth-order valence-electron chi connectivity index (χ4n) is 1.68. The first kappa shape index (κ1) is 15.2. The first-order valence-electron chi connectivity index (χ1n) is 6.30. The van der Waals surface area contributed by atoms with Gasteiger partial charge < -0.3 is 9.47 Å². The molecule has 0 radical (unpaired) electrons. The van der Waals surface area contributed by atoms with E-state index in [2.05, 4.69) is 0 Å². The van der Waals surface area contributed by atoms with Crippen LogP contribution in [-0.2, 0) is 9.53 Å². The van der Waals surface area contributed by atoms with Crippen molar-refractivity contribution in [2.45, 2.75) is 39.7 Å². The minimum Gasteiger partial charge on any atom is -0.489 e. The van der Waals surface area contributed by atoms with E-state index in [1.165, 1.54) is 6.92 Å². The van der Waals surface area contributed by atoms with Gasteiger partial charge in [-0.3, -0.25) is 9.59 Å². The van der Waals surface area contributed by atoms with Crippen LogP contribution in [0, 0.1) is 0 Å². The molecule has 0 aliphatic heterocycles. The molecule has 0 spiro atoms. The van der Waals surface area contributed by atoms with Crippen molar-refractivity contribution in [2.24, 2.45) is 0 Å². The quantitative estimate of drug-likeness (QED) is 0.585. The minimum absolute atomic E-state index is 0.0286. The van der Waals surface area contributed by atoms with Gasteiger partial charge in [-0.2, -0.15) is 0 Å². The normalized spacial score (nSPS) is 10.9. The Balaban J connectivity index is 2.78. The summed E-state index contributed by atoms with van der Waals surface area (Å²) in [7, 11) is 0. The van der Waals surface area contributed by atoms with E-state index < -0.39 is 5.60 Å². The van der Waals surface area contributed by atoms with E-state index in [9.17, 15) is 9.59 Å². The maximum Gasteiger partial charge on any atom is 0.303 e. The molecule has 0 fully saturated rings. The summed E-state index contributed by atoms with van der Waals surface area (Å²) in [6, 6.07) is 7.08. The third-order valence-corrected chi connectivity index (χ3v) is 2.50. The maximum absolute atomic E-state index is 11.8. The summed E-state index contributed by atoms with van der Waals surface area (Å²) in [6.45, 7) is 6.89. The van der Waals surface area contributed by atoms with Crippen LogP contribution in [0.3, 0.4) is 0 Å². The van der Waals surface area contributed by atoms with Crippen LogP contribution in [-0.4, -0.2) is 24.0 Å². The number of carbonyl (C=O) groups is 2. The predicted molar refractivity (Wildman–Crippen MR) is 72.4 cm³/mol. The second-order valence-electron chi connectivity index (χ2n) is 4.91. The zero-order valence-corrected chi connectivity index (χ0v) is 11.9. The Morgan fingerprint density at radius 2 is 1.84 bits per heavy atom. The minimum atomic E-state index is -0.728. The summed E-state index contributed by atoms with van der Waals surface area (Å²) >= 11 is 0. The van der Waals surface area contributed by atoms with Gasteiger partial charge in [0.05, 0.1) is 5.56 Å². The van der Waals surface area contributed by atoms with Gasteiger partial charge in [-0.1, -0.05) is 19.1 Å². The van der Waals surface area contributed by atoms with Crippen molar-refractivity contribution in [1.82, 2.24) is 0 Å². The highest BCUT2D eigenvalue weighted by atomic mass is 16.6. The summed E-state index contributed by atoms with van der Waals surface area (Å²) in [5.41, 5.74) is -0.169. The smallest absolute Gasteiger partial charge is 0.303 e. The van der Waals surface area contributed by atoms with Crippen LogP contribution in [0.5, 0.6) is 5.75 Å². The molecule has 0 aromatic heterocycles. The number of esters is 1. The Hall–Kier alpha value is -1.84. The number of carbonyl (C=O) groups excluding carboxylic acids is 2. The van der Waals surface area contributed by atoms with Crippen LogP contribution in [0.1, 0.15) is 44.5 Å². The van der Waals surface area contributed by atoms with Gasteiger partial charge >= 0.3 is 5.97 Å². The van der Waals surface area contributed by atoms with E-state index in [0.29, 0.717) is 17.7 Å². The Labute approximate surface area is 113 Å². The zero-order valence-electron chi connectivity index (χ0n) is 11.9. The molecular weight excluding hydrogens is 244 g/mol. The van der Waals surface area contributed by atoms with Gasteiger partial charge in [0, 0.05) is 13.3 Å². The van der Waals surface area contributed by atoms with E-state index >= 15 is 0 Å². The first-order valence-corrected chi connectivity index (χ1v) is 6.30. The molecule has 104 valence electrons. The van der Waals surface area contributed by atoms with E-state index in [4.69, 9.17) is 9.47 Å². The molecule has 0 atom stereocenters. The molecule has 0 aliphatic carbocycles. The van der Waals surface area contributed by atoms with Crippen molar-refractivity contribution in [3.05, 3.63) is 29.8 Å². The van der Waals surface area contributed by atoms with Crippen molar-refractivity contribution in [3.63, 3.8) is 0 Å². The van der Waals surface area contributed by atoms with E-state index in [1.54, 1.807) is 38.1 Å². The number of hydrogen-bond acceptors (Lipinski definition) is 4. The van der Waals surface area contributed by atoms with Crippen molar-refractivity contribution < 1.29 is 19.1 Å². The van der Waals surface area contributed by atoms with Crippen LogP contribution in [0.15, 0.2) is 24.3 Å². The molecule has 0 amide bonds. The van der Waals surface area contributed by atoms with Crippen LogP contribution in [0.4, 0.5) is 0 Å². The molecular formula is C15H20O4. The molecule has 1 aromatic carbocycles. The molecule has 0 N–H and O–H groups in total. The van der Waals surface area contributed by atoms with Gasteiger partial charge in [0.15, 0.2) is 5.78 Å². The highest BCUT2D eigenvalue weighted by Gasteiger charge is 2.23. The van der Waals surface area contributed by atoms with E-state index in [-0.39, 0.29) is 18.4 Å². The number of ketones is 1. The number of ether oxygens (including phenoxy) is 2. The molecule has 0 aliphatic rings. The van der Waals surface area contributed by atoms with Crippen LogP contribution < -0.4 is 4.74 Å². The van der Waals surface area contributed by atoms with Crippen molar-refractivity contribution >= 4 is 11.8 Å². The lowest BCUT2D eigenvalue weighted by Crippen LogP contribution is -2.34. The SMILES string of the molecule is CCC(=O)c1ccccc1OCC(C)(C)OC(C)=O. The second-order valence-corrected chi connectivity index (χ2v) is 4.91. The van der Waals surface area contributed by atoms with Crippen LogP contribution >= 0.6 is 0 Å². The third-order valence-electron chi connectivity index (χ3n) is 2.50. The summed E-state index contributed by atoms with van der Waals surface area (Å²) in [6.07, 6.45) is 0.424. The van der Waals surface area contributed by atoms with Gasteiger partial charge in [-0.25, -0.2) is 0 Å². The number of hydrogen-bond donors (Lipinski definition) is 0. The highest BCUT2D eigenvalue weighted by molar-refractivity contribution is 5.98. The summed E-state index contributed by atoms with van der Waals surface area (Å²) in [4.78, 5) is 22.7. The lowest BCUT2D eigenvalue weighted by molar-refractivity contribution is -0.156. The summed E-state index contributed by atoms with van der Waals surface area (Å²) in [5, 5.41) is 0. The van der Waals surface area contributed by atoms with Crippen LogP contribution in [0.2, 0.25) is 0 Å². The van der Waals surface area contributed by atoms with Crippen molar-refractivity contribution in [3.8, 4) is 5.75 Å². The molecule has 19 heavy (non-hydrogen) atoms. The van der Waals surface area contributed by atoms with E-state index in [1.807, 2.05) is 6.92 Å². The molecule has 0 unspecified atom stereocenters. The molecule has 0 saturated heterocycles. The van der Waals surface area contributed by atoms with Crippen LogP contribution in [0.25, 0.3) is 0 Å². The summed E-state index contributed by atoms with van der Waals surface area (Å²) in [5.74, 6) is 0.196. The molecule has 0 bridgehead atoms. The molecule has 1 rings (SSSR count). The molecule has 0 saturated carbocycles. The van der Waals surface area contributed by atoms with Crippen molar-refractivity contribution in [2.75, 3.05) is 6.61 Å². The van der Waals surface area contributed by atoms with Gasteiger partial charge in [0.2, 0.25) is 0 Å². The molecule has 0 heterocycles. The lowest BCUT2D eigenvalue weighted by Gasteiger charge is -2.25.